The first kappa shape index (κ1) is 13.7. The molecule has 0 aliphatic carbocycles. The first-order valence-electron chi connectivity index (χ1n) is 6.70. The van der Waals surface area contributed by atoms with Crippen molar-refractivity contribution in [2.24, 2.45) is 5.41 Å². The standard InChI is InChI=1S/C15H23ClN2/c1-15(2)7-4-8-18(11-15)14-6-5-12(10-17-3)9-13(14)16/h5-6,9,17H,4,7-8,10-11H2,1-3H3. The third-order valence-corrected chi connectivity index (χ3v) is 3.94. The maximum atomic E-state index is 6.42. The van der Waals surface area contributed by atoms with Crippen LogP contribution in [0, 0.1) is 5.41 Å². The summed E-state index contributed by atoms with van der Waals surface area (Å²) in [7, 11) is 1.95. The van der Waals surface area contributed by atoms with E-state index in [1.165, 1.54) is 24.1 Å². The van der Waals surface area contributed by atoms with E-state index in [4.69, 9.17) is 11.6 Å². The summed E-state index contributed by atoms with van der Waals surface area (Å²) in [5.74, 6) is 0. The Hall–Kier alpha value is -0.730. The lowest BCUT2D eigenvalue weighted by molar-refractivity contribution is 0.293. The predicted octanol–water partition coefficient (Wildman–Crippen LogP) is 3.69. The smallest absolute Gasteiger partial charge is 0.0642 e. The topological polar surface area (TPSA) is 15.3 Å². The molecule has 0 spiro atoms. The molecular weight excluding hydrogens is 244 g/mol. The van der Waals surface area contributed by atoms with Crippen LogP contribution in [-0.4, -0.2) is 20.1 Å². The highest BCUT2D eigenvalue weighted by molar-refractivity contribution is 6.33. The summed E-state index contributed by atoms with van der Waals surface area (Å²) in [5.41, 5.74) is 2.82. The minimum atomic E-state index is 0.394. The molecule has 0 bridgehead atoms. The lowest BCUT2D eigenvalue weighted by Crippen LogP contribution is -2.40. The number of hydrogen-bond acceptors (Lipinski definition) is 2. The number of halogens is 1. The van der Waals surface area contributed by atoms with Crippen LogP contribution in [0.2, 0.25) is 5.02 Å². The number of piperidine rings is 1. The second kappa shape index (κ2) is 5.50. The van der Waals surface area contributed by atoms with Crippen molar-refractivity contribution in [3.05, 3.63) is 28.8 Å². The Morgan fingerprint density at radius 3 is 2.78 bits per heavy atom. The fourth-order valence-electron chi connectivity index (χ4n) is 2.75. The van der Waals surface area contributed by atoms with Crippen LogP contribution in [0.3, 0.4) is 0 Å². The minimum absolute atomic E-state index is 0.394. The zero-order valence-electron chi connectivity index (χ0n) is 11.6. The van der Waals surface area contributed by atoms with E-state index in [9.17, 15) is 0 Å². The molecule has 2 rings (SSSR count). The average molecular weight is 267 g/mol. The molecular formula is C15H23ClN2. The van der Waals surface area contributed by atoms with Crippen molar-refractivity contribution < 1.29 is 0 Å². The van der Waals surface area contributed by atoms with Gasteiger partial charge in [0.1, 0.15) is 0 Å². The summed E-state index contributed by atoms with van der Waals surface area (Å²) in [4.78, 5) is 2.43. The molecule has 0 unspecified atom stereocenters. The summed E-state index contributed by atoms with van der Waals surface area (Å²) in [6.45, 7) is 7.75. The van der Waals surface area contributed by atoms with Crippen molar-refractivity contribution >= 4 is 17.3 Å². The van der Waals surface area contributed by atoms with Crippen LogP contribution >= 0.6 is 11.6 Å². The molecule has 3 heteroatoms. The first-order chi connectivity index (χ1) is 8.52. The van der Waals surface area contributed by atoms with Crippen LogP contribution in [0.25, 0.3) is 0 Å². The number of benzene rings is 1. The first-order valence-corrected chi connectivity index (χ1v) is 7.08. The number of nitrogens with one attached hydrogen (secondary N) is 1. The lowest BCUT2D eigenvalue weighted by atomic mass is 9.84. The Kier molecular flexibility index (Phi) is 4.18. The van der Waals surface area contributed by atoms with E-state index in [1.807, 2.05) is 7.05 Å². The predicted molar refractivity (Wildman–Crippen MR) is 79.4 cm³/mol. The van der Waals surface area contributed by atoms with Crippen molar-refractivity contribution in [1.82, 2.24) is 5.32 Å². The summed E-state index contributed by atoms with van der Waals surface area (Å²) >= 11 is 6.42. The van der Waals surface area contributed by atoms with Crippen LogP contribution in [-0.2, 0) is 6.54 Å². The average Bonchev–Trinajstić information content (AvgIpc) is 2.28. The van der Waals surface area contributed by atoms with E-state index in [0.717, 1.165) is 24.7 Å². The second-order valence-electron chi connectivity index (χ2n) is 6.01. The molecule has 0 aromatic heterocycles. The molecule has 1 heterocycles. The van der Waals surface area contributed by atoms with E-state index in [-0.39, 0.29) is 0 Å². The molecule has 1 aromatic carbocycles. The Morgan fingerprint density at radius 1 is 1.39 bits per heavy atom. The SMILES string of the molecule is CNCc1ccc(N2CCCC(C)(C)C2)c(Cl)c1. The monoisotopic (exact) mass is 266 g/mol. The molecule has 1 N–H and O–H groups in total. The largest absolute Gasteiger partial charge is 0.370 e. The highest BCUT2D eigenvalue weighted by Crippen LogP contribution is 2.35. The van der Waals surface area contributed by atoms with E-state index < -0.39 is 0 Å². The summed E-state index contributed by atoms with van der Waals surface area (Å²) < 4.78 is 0. The quantitative estimate of drug-likeness (QED) is 0.898. The van der Waals surface area contributed by atoms with Gasteiger partial charge < -0.3 is 10.2 Å². The van der Waals surface area contributed by atoms with Crippen molar-refractivity contribution in [3.63, 3.8) is 0 Å². The Balaban J connectivity index is 2.18. The zero-order valence-corrected chi connectivity index (χ0v) is 12.3. The molecule has 1 aliphatic rings. The molecule has 1 aromatic rings. The summed E-state index contributed by atoms with van der Waals surface area (Å²) in [5, 5.41) is 4.03. The molecule has 1 saturated heterocycles. The van der Waals surface area contributed by atoms with Gasteiger partial charge in [0.2, 0.25) is 0 Å². The van der Waals surface area contributed by atoms with Gasteiger partial charge in [-0.1, -0.05) is 31.5 Å². The van der Waals surface area contributed by atoms with Crippen LogP contribution in [0.5, 0.6) is 0 Å². The lowest BCUT2D eigenvalue weighted by Gasteiger charge is -2.39. The Morgan fingerprint density at radius 2 is 2.17 bits per heavy atom. The molecule has 18 heavy (non-hydrogen) atoms. The van der Waals surface area contributed by atoms with Gasteiger partial charge in [-0.25, -0.2) is 0 Å². The third-order valence-electron chi connectivity index (χ3n) is 3.63. The third kappa shape index (κ3) is 3.18. The van der Waals surface area contributed by atoms with Crippen molar-refractivity contribution in [2.75, 3.05) is 25.0 Å². The molecule has 0 amide bonds. The van der Waals surface area contributed by atoms with Gasteiger partial charge in [-0.15, -0.1) is 0 Å². The fourth-order valence-corrected chi connectivity index (χ4v) is 3.07. The second-order valence-corrected chi connectivity index (χ2v) is 6.41. The molecule has 0 atom stereocenters. The highest BCUT2D eigenvalue weighted by atomic mass is 35.5. The normalized spacial score (nSPS) is 19.0. The maximum absolute atomic E-state index is 6.42. The van der Waals surface area contributed by atoms with Gasteiger partial charge >= 0.3 is 0 Å². The van der Waals surface area contributed by atoms with Gasteiger partial charge in [-0.05, 0) is 43.0 Å². The number of nitrogens with zero attached hydrogens (tertiary/aromatic N) is 1. The van der Waals surface area contributed by atoms with Gasteiger partial charge in [0, 0.05) is 19.6 Å². The van der Waals surface area contributed by atoms with Crippen LogP contribution in [0.4, 0.5) is 5.69 Å². The van der Waals surface area contributed by atoms with E-state index >= 15 is 0 Å². The van der Waals surface area contributed by atoms with Crippen molar-refractivity contribution in [3.8, 4) is 0 Å². The van der Waals surface area contributed by atoms with Crippen LogP contribution in [0.1, 0.15) is 32.3 Å². The Labute approximate surface area is 115 Å². The number of rotatable bonds is 3. The van der Waals surface area contributed by atoms with Gasteiger partial charge in [-0.2, -0.15) is 0 Å². The van der Waals surface area contributed by atoms with Crippen molar-refractivity contribution in [1.29, 1.82) is 0 Å². The van der Waals surface area contributed by atoms with Crippen molar-refractivity contribution in [2.45, 2.75) is 33.2 Å². The van der Waals surface area contributed by atoms with E-state index in [2.05, 4.69) is 42.3 Å². The Bertz CT molecular complexity index is 415. The highest BCUT2D eigenvalue weighted by Gasteiger charge is 2.27. The molecule has 100 valence electrons. The van der Waals surface area contributed by atoms with Gasteiger partial charge in [-0.3, -0.25) is 0 Å². The summed E-state index contributed by atoms with van der Waals surface area (Å²) in [6, 6.07) is 6.41. The molecule has 0 radical (unpaired) electrons. The van der Waals surface area contributed by atoms with E-state index in [0.29, 0.717) is 5.41 Å². The zero-order chi connectivity index (χ0) is 13.2. The van der Waals surface area contributed by atoms with Crippen LogP contribution in [0.15, 0.2) is 18.2 Å². The van der Waals surface area contributed by atoms with Gasteiger partial charge in [0.25, 0.3) is 0 Å². The minimum Gasteiger partial charge on any atom is -0.370 e. The fraction of sp³-hybridized carbons (Fsp3) is 0.600. The van der Waals surface area contributed by atoms with Crippen LogP contribution < -0.4 is 10.2 Å². The molecule has 1 aliphatic heterocycles. The number of hydrogen-bond donors (Lipinski definition) is 1. The molecule has 2 nitrogen and oxygen atoms in total. The maximum Gasteiger partial charge on any atom is 0.0642 e. The molecule has 0 saturated carbocycles. The summed E-state index contributed by atoms with van der Waals surface area (Å²) in [6.07, 6.45) is 2.56. The van der Waals surface area contributed by atoms with Gasteiger partial charge in [0.15, 0.2) is 0 Å². The molecule has 1 fully saturated rings. The number of anilines is 1. The van der Waals surface area contributed by atoms with E-state index in [1.54, 1.807) is 0 Å². The van der Waals surface area contributed by atoms with Gasteiger partial charge in [0.05, 0.1) is 10.7 Å².